The molecule has 0 spiro atoms. The van der Waals surface area contributed by atoms with Gasteiger partial charge < -0.3 is 14.6 Å². The monoisotopic (exact) mass is 343 g/mol. The van der Waals surface area contributed by atoms with Gasteiger partial charge in [-0.25, -0.2) is 4.79 Å². The third kappa shape index (κ3) is 3.18. The number of hydrogen-bond donors (Lipinski definition) is 1. The fraction of sp³-hybridized carbons (Fsp3) is 0.125. The van der Waals surface area contributed by atoms with E-state index in [9.17, 15) is 9.59 Å². The molecule has 122 valence electrons. The summed E-state index contributed by atoms with van der Waals surface area (Å²) in [5.74, 6) is 0.123. The second-order valence-corrected chi connectivity index (χ2v) is 5.75. The van der Waals surface area contributed by atoms with E-state index >= 15 is 0 Å². The summed E-state index contributed by atoms with van der Waals surface area (Å²) in [6, 6.07) is 8.00. The molecule has 1 aromatic carbocycles. The van der Waals surface area contributed by atoms with Gasteiger partial charge in [-0.05, 0) is 42.6 Å². The number of nitrogens with zero attached hydrogens (tertiary/aromatic N) is 2. The number of carbonyl (C=O) groups excluding carboxylic acids is 2. The number of rotatable bonds is 4. The van der Waals surface area contributed by atoms with Crippen molar-refractivity contribution in [1.29, 1.82) is 0 Å². The van der Waals surface area contributed by atoms with Gasteiger partial charge in [0, 0.05) is 5.56 Å². The number of ether oxygens (including phenoxy) is 1. The molecule has 2 heterocycles. The summed E-state index contributed by atoms with van der Waals surface area (Å²) in [5.41, 5.74) is 1.47. The molecule has 0 bridgehead atoms. The second kappa shape index (κ2) is 6.63. The van der Waals surface area contributed by atoms with Crippen molar-refractivity contribution in [3.8, 4) is 11.5 Å². The van der Waals surface area contributed by atoms with Gasteiger partial charge in [0.2, 0.25) is 0 Å². The quantitative estimate of drug-likeness (QED) is 0.731. The Balaban J connectivity index is 1.78. The van der Waals surface area contributed by atoms with Gasteiger partial charge in [0.15, 0.2) is 5.82 Å². The van der Waals surface area contributed by atoms with Crippen LogP contribution in [0.25, 0.3) is 11.5 Å². The van der Waals surface area contributed by atoms with Gasteiger partial charge in [-0.2, -0.15) is 4.98 Å². The molecule has 7 nitrogen and oxygen atoms in total. The van der Waals surface area contributed by atoms with Crippen LogP contribution in [0.3, 0.4) is 0 Å². The average molecular weight is 343 g/mol. The number of hydrogen-bond acceptors (Lipinski definition) is 7. The van der Waals surface area contributed by atoms with Crippen LogP contribution in [0, 0.1) is 6.92 Å². The number of nitrogens with one attached hydrogen (secondary N) is 1. The van der Waals surface area contributed by atoms with Crippen LogP contribution < -0.4 is 5.32 Å². The Labute approximate surface area is 141 Å². The lowest BCUT2D eigenvalue weighted by Gasteiger charge is -2.05. The molecule has 3 aromatic rings. The largest absolute Gasteiger partial charge is 0.465 e. The zero-order valence-electron chi connectivity index (χ0n) is 12.9. The molecule has 0 unspecified atom stereocenters. The normalized spacial score (nSPS) is 10.4. The van der Waals surface area contributed by atoms with Gasteiger partial charge in [-0.15, -0.1) is 11.3 Å². The molecule has 2 aromatic heterocycles. The van der Waals surface area contributed by atoms with Gasteiger partial charge in [0.05, 0.1) is 18.2 Å². The molecular formula is C16H13N3O4S. The number of esters is 1. The van der Waals surface area contributed by atoms with Crippen LogP contribution in [0.4, 0.5) is 5.00 Å². The minimum Gasteiger partial charge on any atom is -0.465 e. The van der Waals surface area contributed by atoms with Crippen LogP contribution in [0.1, 0.15) is 26.5 Å². The highest BCUT2D eigenvalue weighted by Crippen LogP contribution is 2.32. The molecule has 0 atom stereocenters. The van der Waals surface area contributed by atoms with Crippen LogP contribution in [0.2, 0.25) is 0 Å². The molecule has 8 heteroatoms. The maximum Gasteiger partial charge on any atom is 0.337 e. The Hall–Kier alpha value is -3.00. The maximum absolute atomic E-state index is 12.4. The summed E-state index contributed by atoms with van der Waals surface area (Å²) >= 11 is 1.35. The number of aryl methyl sites for hydroxylation is 1. The first kappa shape index (κ1) is 15.9. The van der Waals surface area contributed by atoms with Crippen LogP contribution >= 0.6 is 11.3 Å². The number of benzene rings is 1. The summed E-state index contributed by atoms with van der Waals surface area (Å²) in [7, 11) is 1.31. The third-order valence-corrected chi connectivity index (χ3v) is 4.05. The summed E-state index contributed by atoms with van der Waals surface area (Å²) in [6.07, 6.45) is 0. The van der Waals surface area contributed by atoms with E-state index in [0.717, 1.165) is 0 Å². The van der Waals surface area contributed by atoms with Crippen LogP contribution in [-0.2, 0) is 4.74 Å². The molecule has 24 heavy (non-hydrogen) atoms. The fourth-order valence-electron chi connectivity index (χ4n) is 2.03. The number of thiophene rings is 1. The van der Waals surface area contributed by atoms with E-state index in [4.69, 9.17) is 4.52 Å². The van der Waals surface area contributed by atoms with Gasteiger partial charge in [-0.3, -0.25) is 4.79 Å². The van der Waals surface area contributed by atoms with Crippen molar-refractivity contribution in [2.24, 2.45) is 0 Å². The van der Waals surface area contributed by atoms with E-state index in [1.807, 2.05) is 5.38 Å². The lowest BCUT2D eigenvalue weighted by atomic mass is 10.1. The summed E-state index contributed by atoms with van der Waals surface area (Å²) < 4.78 is 9.76. The number of aromatic nitrogens is 2. The summed E-state index contributed by atoms with van der Waals surface area (Å²) in [4.78, 5) is 27.9. The van der Waals surface area contributed by atoms with E-state index in [2.05, 4.69) is 20.2 Å². The highest BCUT2D eigenvalue weighted by molar-refractivity contribution is 7.15. The second-order valence-electron chi connectivity index (χ2n) is 4.83. The first-order valence-electron chi connectivity index (χ1n) is 6.96. The van der Waals surface area contributed by atoms with Crippen LogP contribution in [-0.4, -0.2) is 29.1 Å². The molecule has 0 aliphatic carbocycles. The predicted molar refractivity (Wildman–Crippen MR) is 88.1 cm³/mol. The minimum absolute atomic E-state index is 0.300. The predicted octanol–water partition coefficient (Wildman–Crippen LogP) is 3.15. The van der Waals surface area contributed by atoms with Crippen molar-refractivity contribution in [2.45, 2.75) is 6.92 Å². The molecule has 1 N–H and O–H groups in total. The molecule has 0 fully saturated rings. The van der Waals surface area contributed by atoms with Crippen molar-refractivity contribution < 1.29 is 18.8 Å². The Morgan fingerprint density at radius 2 is 1.88 bits per heavy atom. The van der Waals surface area contributed by atoms with E-state index < -0.39 is 5.97 Å². The Bertz CT molecular complexity index is 883. The molecule has 0 saturated heterocycles. The van der Waals surface area contributed by atoms with E-state index in [1.165, 1.54) is 30.6 Å². The van der Waals surface area contributed by atoms with Crippen molar-refractivity contribution in [1.82, 2.24) is 10.1 Å². The van der Waals surface area contributed by atoms with E-state index in [0.29, 0.717) is 33.4 Å². The number of amides is 1. The smallest absolute Gasteiger partial charge is 0.337 e. The minimum atomic E-state index is -0.450. The maximum atomic E-state index is 12.4. The molecule has 0 radical (unpaired) electrons. The SMILES string of the molecule is COC(=O)c1ccc(C(=O)Nc2sccc2-c2nc(C)no2)cc1. The van der Waals surface area contributed by atoms with Gasteiger partial charge in [0.25, 0.3) is 11.8 Å². The van der Waals surface area contributed by atoms with E-state index in [-0.39, 0.29) is 5.91 Å². The number of anilines is 1. The Morgan fingerprint density at radius 1 is 1.17 bits per heavy atom. The fourth-order valence-corrected chi connectivity index (χ4v) is 2.81. The standard InChI is InChI=1S/C16H13N3O4S/c1-9-17-14(23-19-9)12-7-8-24-15(12)18-13(20)10-3-5-11(6-4-10)16(21)22-2/h3-8H,1-2H3,(H,18,20). The Morgan fingerprint density at radius 3 is 2.50 bits per heavy atom. The van der Waals surface area contributed by atoms with Crippen molar-refractivity contribution in [3.63, 3.8) is 0 Å². The first-order chi connectivity index (χ1) is 11.6. The van der Waals surface area contributed by atoms with Crippen LogP contribution in [0.15, 0.2) is 40.2 Å². The summed E-state index contributed by atoms with van der Waals surface area (Å²) in [6.45, 7) is 1.72. The lowest BCUT2D eigenvalue weighted by molar-refractivity contribution is 0.0600. The van der Waals surface area contributed by atoms with E-state index in [1.54, 1.807) is 25.1 Å². The van der Waals surface area contributed by atoms with Gasteiger partial charge in [-0.1, -0.05) is 5.16 Å². The molecule has 1 amide bonds. The number of carbonyl (C=O) groups is 2. The molecule has 0 saturated carbocycles. The number of methoxy groups -OCH3 is 1. The topological polar surface area (TPSA) is 94.3 Å². The summed E-state index contributed by atoms with van der Waals surface area (Å²) in [5, 5.41) is 9.00. The molecular weight excluding hydrogens is 330 g/mol. The molecule has 3 rings (SSSR count). The van der Waals surface area contributed by atoms with Crippen molar-refractivity contribution >= 4 is 28.2 Å². The van der Waals surface area contributed by atoms with Crippen LogP contribution in [0.5, 0.6) is 0 Å². The highest BCUT2D eigenvalue weighted by Gasteiger charge is 2.16. The van der Waals surface area contributed by atoms with Gasteiger partial charge >= 0.3 is 5.97 Å². The average Bonchev–Trinajstić information content (AvgIpc) is 3.22. The highest BCUT2D eigenvalue weighted by atomic mass is 32.1. The molecule has 0 aliphatic rings. The lowest BCUT2D eigenvalue weighted by Crippen LogP contribution is -2.12. The van der Waals surface area contributed by atoms with Crippen molar-refractivity contribution in [2.75, 3.05) is 12.4 Å². The first-order valence-corrected chi connectivity index (χ1v) is 7.84. The zero-order valence-corrected chi connectivity index (χ0v) is 13.7. The van der Waals surface area contributed by atoms with Crippen molar-refractivity contribution in [3.05, 3.63) is 52.7 Å². The molecule has 0 aliphatic heterocycles. The Kier molecular flexibility index (Phi) is 4.39. The zero-order chi connectivity index (χ0) is 17.1. The third-order valence-electron chi connectivity index (χ3n) is 3.22. The van der Waals surface area contributed by atoms with Gasteiger partial charge in [0.1, 0.15) is 5.00 Å².